The number of phenols is 1. The third kappa shape index (κ3) is 3.81. The first-order valence-electron chi connectivity index (χ1n) is 12.6. The van der Waals surface area contributed by atoms with Crippen LogP contribution in [-0.4, -0.2) is 34.7 Å². The molecular weight excluding hydrogens is 500 g/mol. The Morgan fingerprint density at radius 1 is 1.21 bits per heavy atom. The molecule has 0 bridgehead atoms. The smallest absolute Gasteiger partial charge is 0.343 e. The molecular formula is C31H30O8. The molecule has 8 heteroatoms. The molecule has 1 aliphatic carbocycles. The minimum Gasteiger partial charge on any atom is -0.506 e. The van der Waals surface area contributed by atoms with Crippen LogP contribution in [0.15, 0.2) is 39.6 Å². The van der Waals surface area contributed by atoms with Crippen LogP contribution in [0, 0.1) is 0 Å². The second-order valence-electron chi connectivity index (χ2n) is 11.0. The Kier molecular flexibility index (Phi) is 5.88. The van der Waals surface area contributed by atoms with Crippen molar-refractivity contribution < 1.29 is 33.7 Å². The molecule has 1 aliphatic heterocycles. The van der Waals surface area contributed by atoms with Crippen LogP contribution in [0.2, 0.25) is 0 Å². The molecule has 0 fully saturated rings. The molecule has 1 aromatic heterocycles. The van der Waals surface area contributed by atoms with Crippen molar-refractivity contribution in [2.75, 3.05) is 7.11 Å². The number of benzene rings is 2. The quantitative estimate of drug-likeness (QED) is 0.264. The molecule has 39 heavy (non-hydrogen) atoms. The van der Waals surface area contributed by atoms with E-state index in [0.717, 1.165) is 12.7 Å². The van der Waals surface area contributed by atoms with Crippen LogP contribution in [-0.2, 0) is 21.6 Å². The Bertz CT molecular complexity index is 1760. The van der Waals surface area contributed by atoms with Crippen molar-refractivity contribution >= 4 is 45.3 Å². The van der Waals surface area contributed by atoms with Crippen LogP contribution in [0.1, 0.15) is 73.7 Å². The number of ether oxygens (including phenoxy) is 2. The molecule has 0 saturated heterocycles. The highest BCUT2D eigenvalue weighted by Gasteiger charge is 2.52. The molecule has 8 nitrogen and oxygen atoms in total. The summed E-state index contributed by atoms with van der Waals surface area (Å²) < 4.78 is 17.4. The van der Waals surface area contributed by atoms with Crippen LogP contribution in [0.5, 0.6) is 11.5 Å². The normalized spacial score (nSPS) is 19.0. The third-order valence-corrected chi connectivity index (χ3v) is 7.29. The van der Waals surface area contributed by atoms with E-state index in [1.807, 2.05) is 33.8 Å². The molecule has 0 radical (unpaired) electrons. The van der Waals surface area contributed by atoms with E-state index < -0.39 is 34.8 Å². The van der Waals surface area contributed by atoms with Crippen LogP contribution < -0.4 is 10.2 Å². The van der Waals surface area contributed by atoms with Gasteiger partial charge in [0, 0.05) is 11.1 Å². The Morgan fingerprint density at radius 3 is 2.51 bits per heavy atom. The SMILES string of the molecule is C=C(C)c1cc2c(=O)c3c(O)c4c(c(CC=C(C)C)c3oc2c2c1[C@](O)(C(=O)OC)CC2=O)OC(C)(C)C=C4. The Morgan fingerprint density at radius 2 is 1.90 bits per heavy atom. The maximum absolute atomic E-state index is 14.0. The van der Waals surface area contributed by atoms with Crippen molar-refractivity contribution in [1.29, 1.82) is 0 Å². The molecule has 3 aromatic rings. The van der Waals surface area contributed by atoms with Crippen molar-refractivity contribution in [2.24, 2.45) is 0 Å². The lowest BCUT2D eigenvalue weighted by molar-refractivity contribution is -0.162. The molecule has 0 amide bonds. The van der Waals surface area contributed by atoms with Crippen LogP contribution in [0.3, 0.4) is 0 Å². The van der Waals surface area contributed by atoms with Gasteiger partial charge in [0.15, 0.2) is 11.4 Å². The molecule has 2 N–H and O–H groups in total. The zero-order valence-corrected chi connectivity index (χ0v) is 22.8. The lowest BCUT2D eigenvalue weighted by Gasteiger charge is -2.30. The number of Topliss-reactive ketones (excluding diaryl/α,β-unsaturated/α-hetero) is 1. The number of esters is 1. The first-order valence-corrected chi connectivity index (χ1v) is 12.6. The van der Waals surface area contributed by atoms with Gasteiger partial charge in [0.2, 0.25) is 5.43 Å². The van der Waals surface area contributed by atoms with Gasteiger partial charge in [-0.25, -0.2) is 4.79 Å². The number of rotatable bonds is 4. The number of fused-ring (bicyclic) bond motifs is 5. The lowest BCUT2D eigenvalue weighted by atomic mass is 9.87. The van der Waals surface area contributed by atoms with Crippen molar-refractivity contribution in [2.45, 2.75) is 58.7 Å². The minimum absolute atomic E-state index is 0.00445. The number of hydrogen-bond acceptors (Lipinski definition) is 8. The predicted molar refractivity (Wildman–Crippen MR) is 148 cm³/mol. The summed E-state index contributed by atoms with van der Waals surface area (Å²) in [6.45, 7) is 13.2. The first-order chi connectivity index (χ1) is 18.2. The van der Waals surface area contributed by atoms with Crippen LogP contribution in [0.4, 0.5) is 0 Å². The molecule has 5 rings (SSSR count). The van der Waals surface area contributed by atoms with Gasteiger partial charge in [0.25, 0.3) is 0 Å². The van der Waals surface area contributed by atoms with Crippen molar-refractivity contribution in [3.8, 4) is 11.5 Å². The lowest BCUT2D eigenvalue weighted by Crippen LogP contribution is -2.35. The zero-order valence-electron chi connectivity index (χ0n) is 22.8. The fourth-order valence-electron chi connectivity index (χ4n) is 5.39. The number of carbonyl (C=O) groups is 2. The summed E-state index contributed by atoms with van der Waals surface area (Å²) in [5.41, 5.74) is -1.02. The van der Waals surface area contributed by atoms with Gasteiger partial charge in [-0.05, 0) is 64.8 Å². The fraction of sp³-hybridized carbons (Fsp3) is 0.323. The van der Waals surface area contributed by atoms with Crippen molar-refractivity contribution in [1.82, 2.24) is 0 Å². The Balaban J connectivity index is 2.01. The van der Waals surface area contributed by atoms with E-state index in [4.69, 9.17) is 13.9 Å². The summed E-state index contributed by atoms with van der Waals surface area (Å²) in [6.07, 6.45) is 5.23. The first kappa shape index (κ1) is 26.4. The number of carbonyl (C=O) groups excluding carboxylic acids is 2. The number of methoxy groups -OCH3 is 1. The molecule has 0 unspecified atom stereocenters. The average Bonchev–Trinajstić information content (AvgIpc) is 3.13. The Hall–Kier alpha value is -4.17. The molecule has 1 atom stereocenters. The van der Waals surface area contributed by atoms with Crippen molar-refractivity contribution in [3.05, 3.63) is 68.4 Å². The standard InChI is InChI=1S/C31H30O8/c1-14(2)8-9-17-26-16(10-11-30(5,6)39-26)24(33)22-25(34)19-12-18(15(3)4)23-21(28(19)38-27(17)22)20(32)13-31(23,36)29(35)37-7/h8,10-12,33,36H,3,9,13H2,1-2,4-7H3/t31-/m0/s1. The maximum Gasteiger partial charge on any atom is 0.343 e. The van der Waals surface area contributed by atoms with Gasteiger partial charge in [-0.2, -0.15) is 0 Å². The predicted octanol–water partition coefficient (Wildman–Crippen LogP) is 5.32. The Labute approximate surface area is 224 Å². The second-order valence-corrected chi connectivity index (χ2v) is 11.0. The number of hydrogen-bond donors (Lipinski definition) is 2. The molecule has 2 aromatic carbocycles. The van der Waals surface area contributed by atoms with E-state index in [1.165, 1.54) is 6.07 Å². The maximum atomic E-state index is 14.0. The second kappa shape index (κ2) is 8.68. The molecule has 0 saturated carbocycles. The third-order valence-electron chi connectivity index (χ3n) is 7.29. The van der Waals surface area contributed by atoms with Crippen molar-refractivity contribution in [3.63, 3.8) is 0 Å². The summed E-state index contributed by atoms with van der Waals surface area (Å²) in [5, 5.41) is 22.7. The van der Waals surface area contributed by atoms with E-state index in [-0.39, 0.29) is 44.4 Å². The number of allylic oxidation sites excluding steroid dienone is 3. The summed E-state index contributed by atoms with van der Waals surface area (Å²) in [6, 6.07) is 1.44. The van der Waals surface area contributed by atoms with Gasteiger partial charge in [0.1, 0.15) is 33.7 Å². The van der Waals surface area contributed by atoms with Gasteiger partial charge in [-0.15, -0.1) is 0 Å². The largest absolute Gasteiger partial charge is 0.506 e. The van der Waals surface area contributed by atoms with Crippen LogP contribution >= 0.6 is 0 Å². The summed E-state index contributed by atoms with van der Waals surface area (Å²) in [5.74, 6) is -1.50. The molecule has 2 aliphatic rings. The van der Waals surface area contributed by atoms with Gasteiger partial charge in [0.05, 0.1) is 30.0 Å². The van der Waals surface area contributed by atoms with Gasteiger partial charge >= 0.3 is 5.97 Å². The van der Waals surface area contributed by atoms with E-state index in [9.17, 15) is 24.6 Å². The number of ketones is 1. The fourth-order valence-corrected chi connectivity index (χ4v) is 5.39. The van der Waals surface area contributed by atoms with E-state index in [2.05, 4.69) is 6.58 Å². The van der Waals surface area contributed by atoms with Gasteiger partial charge < -0.3 is 24.1 Å². The van der Waals surface area contributed by atoms with E-state index in [0.29, 0.717) is 28.9 Å². The number of aliphatic hydroxyl groups is 1. The molecule has 0 spiro atoms. The molecule has 202 valence electrons. The molecule has 2 heterocycles. The highest BCUT2D eigenvalue weighted by molar-refractivity contribution is 6.16. The monoisotopic (exact) mass is 530 g/mol. The minimum atomic E-state index is -2.27. The summed E-state index contributed by atoms with van der Waals surface area (Å²) in [4.78, 5) is 40.1. The highest BCUT2D eigenvalue weighted by Crippen LogP contribution is 2.48. The van der Waals surface area contributed by atoms with Gasteiger partial charge in [-0.3, -0.25) is 9.59 Å². The van der Waals surface area contributed by atoms with E-state index in [1.54, 1.807) is 19.1 Å². The van der Waals surface area contributed by atoms with E-state index >= 15 is 0 Å². The zero-order chi connectivity index (χ0) is 28.6. The number of aromatic hydroxyl groups is 1. The summed E-state index contributed by atoms with van der Waals surface area (Å²) >= 11 is 0. The van der Waals surface area contributed by atoms with Crippen LogP contribution in [0.25, 0.3) is 33.6 Å². The van der Waals surface area contributed by atoms with Gasteiger partial charge in [-0.1, -0.05) is 23.8 Å². The number of phenolic OH excluding ortho intramolecular Hbond substituents is 1. The topological polar surface area (TPSA) is 123 Å². The average molecular weight is 531 g/mol. The highest BCUT2D eigenvalue weighted by atomic mass is 16.5. The summed E-state index contributed by atoms with van der Waals surface area (Å²) in [7, 11) is 1.12.